The number of aliphatic hydroxyl groups is 1. The van der Waals surface area contributed by atoms with Crippen molar-refractivity contribution in [3.8, 4) is 6.01 Å². The highest BCUT2D eigenvalue weighted by Gasteiger charge is 2.42. The summed E-state index contributed by atoms with van der Waals surface area (Å²) in [6.07, 6.45) is 0.696. The Morgan fingerprint density at radius 1 is 1.24 bits per heavy atom. The van der Waals surface area contributed by atoms with E-state index < -0.39 is 38.3 Å². The SMILES string of the molecule is C[Si](C)(C)CCOc1nccc(Sc2ccc(Cl)c(C(=O)NCC3(O)CCC(F)(F)CC3)c2)n1. The molecule has 3 rings (SSSR count). The first-order valence-corrected chi connectivity index (χ1v) is 16.1. The lowest BCUT2D eigenvalue weighted by Crippen LogP contribution is -2.47. The summed E-state index contributed by atoms with van der Waals surface area (Å²) in [6, 6.07) is 8.08. The number of rotatable bonds is 9. The lowest BCUT2D eigenvalue weighted by atomic mass is 9.82. The third-order valence-corrected chi connectivity index (χ3v) is 8.55. The first kappa shape index (κ1) is 26.8. The second-order valence-electron chi connectivity index (χ2n) is 9.84. The van der Waals surface area contributed by atoms with Gasteiger partial charge in [0, 0.05) is 38.6 Å². The largest absolute Gasteiger partial charge is 0.464 e. The second-order valence-corrected chi connectivity index (χ2v) is 17.0. The van der Waals surface area contributed by atoms with E-state index in [1.807, 2.05) is 0 Å². The summed E-state index contributed by atoms with van der Waals surface area (Å²) >= 11 is 7.57. The molecule has 1 aliphatic carbocycles. The summed E-state index contributed by atoms with van der Waals surface area (Å²) in [6.45, 7) is 7.27. The number of amides is 1. The van der Waals surface area contributed by atoms with Crippen molar-refractivity contribution in [2.75, 3.05) is 13.2 Å². The van der Waals surface area contributed by atoms with Crippen LogP contribution in [0.25, 0.3) is 0 Å². The number of nitrogens with one attached hydrogen (secondary N) is 1. The zero-order valence-electron chi connectivity index (χ0n) is 19.5. The van der Waals surface area contributed by atoms with Gasteiger partial charge < -0.3 is 15.2 Å². The molecule has 0 unspecified atom stereocenters. The molecular weight excluding hydrogens is 500 g/mol. The van der Waals surface area contributed by atoms with Crippen LogP contribution < -0.4 is 10.1 Å². The second kappa shape index (κ2) is 10.9. The van der Waals surface area contributed by atoms with Gasteiger partial charge in [0.1, 0.15) is 5.03 Å². The van der Waals surface area contributed by atoms with Gasteiger partial charge in [-0.1, -0.05) is 43.0 Å². The van der Waals surface area contributed by atoms with Crippen LogP contribution in [0.4, 0.5) is 8.78 Å². The number of halogens is 3. The summed E-state index contributed by atoms with van der Waals surface area (Å²) in [7, 11) is -1.22. The Kier molecular flexibility index (Phi) is 8.59. The molecule has 0 saturated heterocycles. The smallest absolute Gasteiger partial charge is 0.317 e. The number of nitrogens with zero attached hydrogens (tertiary/aromatic N) is 2. The van der Waals surface area contributed by atoms with E-state index >= 15 is 0 Å². The number of carbonyl (C=O) groups is 1. The molecule has 0 spiro atoms. The van der Waals surface area contributed by atoms with Gasteiger partial charge in [0.05, 0.1) is 22.8 Å². The first-order valence-electron chi connectivity index (χ1n) is 11.2. The molecule has 0 radical (unpaired) electrons. The van der Waals surface area contributed by atoms with Crippen molar-refractivity contribution < 1.29 is 23.4 Å². The predicted octanol–water partition coefficient (Wildman–Crippen LogP) is 5.67. The molecule has 6 nitrogen and oxygen atoms in total. The minimum atomic E-state index is -2.76. The molecule has 0 aliphatic heterocycles. The van der Waals surface area contributed by atoms with Crippen molar-refractivity contribution in [3.63, 3.8) is 0 Å². The van der Waals surface area contributed by atoms with Gasteiger partial charge in [-0.05, 0) is 43.2 Å². The molecule has 1 saturated carbocycles. The molecule has 2 aromatic rings. The summed E-state index contributed by atoms with van der Waals surface area (Å²) < 4.78 is 32.5. The summed E-state index contributed by atoms with van der Waals surface area (Å²) in [5, 5.41) is 14.1. The van der Waals surface area contributed by atoms with Crippen LogP contribution in [-0.2, 0) is 0 Å². The Balaban J connectivity index is 1.61. The van der Waals surface area contributed by atoms with Crippen LogP contribution in [0.1, 0.15) is 36.0 Å². The maximum atomic E-state index is 13.4. The first-order chi connectivity index (χ1) is 15.8. The third kappa shape index (κ3) is 8.18. The Bertz CT molecular complexity index is 1010. The van der Waals surface area contributed by atoms with E-state index in [4.69, 9.17) is 16.3 Å². The van der Waals surface area contributed by atoms with Crippen molar-refractivity contribution >= 4 is 37.3 Å². The van der Waals surface area contributed by atoms with Crippen molar-refractivity contribution in [2.24, 2.45) is 0 Å². The summed E-state index contributed by atoms with van der Waals surface area (Å²) in [4.78, 5) is 22.0. The molecular formula is C23H30ClF2N3O3SSi. The highest BCUT2D eigenvalue weighted by molar-refractivity contribution is 7.99. The standard InChI is InChI=1S/C23H30ClF2N3O3SSi/c1-34(2,3)13-12-32-21-27-11-6-19(29-21)33-16-4-5-18(24)17(14-16)20(30)28-15-22(31)7-9-23(25,26)10-8-22/h4-6,11,14,31H,7-10,12-13,15H2,1-3H3,(H,28,30). The van der Waals surface area contributed by atoms with Crippen LogP contribution in [0.5, 0.6) is 6.01 Å². The number of ether oxygens (including phenoxy) is 1. The van der Waals surface area contributed by atoms with Gasteiger partial charge in [-0.25, -0.2) is 13.8 Å². The molecule has 34 heavy (non-hydrogen) atoms. The van der Waals surface area contributed by atoms with Crippen LogP contribution in [0.15, 0.2) is 40.4 Å². The molecule has 1 aromatic carbocycles. The van der Waals surface area contributed by atoms with E-state index in [-0.39, 0.29) is 30.0 Å². The number of benzene rings is 1. The van der Waals surface area contributed by atoms with Gasteiger partial charge in [-0.15, -0.1) is 0 Å². The van der Waals surface area contributed by atoms with E-state index in [0.717, 1.165) is 10.9 Å². The summed E-state index contributed by atoms with van der Waals surface area (Å²) in [5.41, 5.74) is -1.11. The quantitative estimate of drug-likeness (QED) is 0.322. The number of hydrogen-bond acceptors (Lipinski definition) is 6. The fourth-order valence-corrected chi connectivity index (χ4v) is 5.09. The molecule has 0 atom stereocenters. The monoisotopic (exact) mass is 529 g/mol. The van der Waals surface area contributed by atoms with E-state index in [9.17, 15) is 18.7 Å². The summed E-state index contributed by atoms with van der Waals surface area (Å²) in [5.74, 6) is -3.23. The Morgan fingerprint density at radius 3 is 2.62 bits per heavy atom. The van der Waals surface area contributed by atoms with Crippen LogP contribution in [0.3, 0.4) is 0 Å². The van der Waals surface area contributed by atoms with Crippen molar-refractivity contribution in [1.29, 1.82) is 0 Å². The van der Waals surface area contributed by atoms with Crippen LogP contribution >= 0.6 is 23.4 Å². The molecule has 1 heterocycles. The topological polar surface area (TPSA) is 84.3 Å². The van der Waals surface area contributed by atoms with E-state index in [0.29, 0.717) is 17.6 Å². The molecule has 1 fully saturated rings. The Labute approximate surface area is 208 Å². The Morgan fingerprint density at radius 2 is 1.94 bits per heavy atom. The van der Waals surface area contributed by atoms with Crippen molar-refractivity contribution in [1.82, 2.24) is 15.3 Å². The van der Waals surface area contributed by atoms with Crippen LogP contribution in [0, 0.1) is 0 Å². The number of alkyl halides is 2. The van der Waals surface area contributed by atoms with Crippen molar-refractivity contribution in [3.05, 3.63) is 41.0 Å². The highest BCUT2D eigenvalue weighted by atomic mass is 35.5. The van der Waals surface area contributed by atoms with Crippen molar-refractivity contribution in [2.45, 2.75) is 72.8 Å². The normalized spacial score (nSPS) is 17.3. The predicted molar refractivity (Wildman–Crippen MR) is 132 cm³/mol. The van der Waals surface area contributed by atoms with E-state index in [2.05, 4.69) is 34.9 Å². The Hall–Kier alpha value is -1.75. The van der Waals surface area contributed by atoms with Gasteiger partial charge in [0.25, 0.3) is 5.91 Å². The molecule has 2 N–H and O–H groups in total. The number of carbonyl (C=O) groups excluding carboxylic acids is 1. The highest BCUT2D eigenvalue weighted by Crippen LogP contribution is 2.38. The maximum Gasteiger partial charge on any atom is 0.317 e. The molecule has 0 bridgehead atoms. The number of hydrogen-bond donors (Lipinski definition) is 2. The third-order valence-electron chi connectivity index (χ3n) is 5.59. The van der Waals surface area contributed by atoms with Crippen LogP contribution in [-0.4, -0.2) is 53.7 Å². The van der Waals surface area contributed by atoms with Gasteiger partial charge in [0.15, 0.2) is 0 Å². The molecule has 11 heteroatoms. The van der Waals surface area contributed by atoms with Gasteiger partial charge in [-0.3, -0.25) is 4.79 Å². The zero-order valence-corrected chi connectivity index (χ0v) is 22.1. The molecule has 186 valence electrons. The molecule has 1 amide bonds. The van der Waals surface area contributed by atoms with Gasteiger partial charge in [-0.2, -0.15) is 4.98 Å². The van der Waals surface area contributed by atoms with Gasteiger partial charge >= 0.3 is 6.01 Å². The lowest BCUT2D eigenvalue weighted by Gasteiger charge is -2.35. The van der Waals surface area contributed by atoms with E-state index in [1.165, 1.54) is 11.8 Å². The fraction of sp³-hybridized carbons (Fsp3) is 0.522. The maximum absolute atomic E-state index is 13.4. The fourth-order valence-electron chi connectivity index (χ4n) is 3.36. The van der Waals surface area contributed by atoms with Crippen LogP contribution in [0.2, 0.25) is 30.7 Å². The van der Waals surface area contributed by atoms with E-state index in [1.54, 1.807) is 30.5 Å². The minimum absolute atomic E-state index is 0.0695. The average molecular weight is 530 g/mol. The van der Waals surface area contributed by atoms with Gasteiger partial charge in [0.2, 0.25) is 5.92 Å². The lowest BCUT2D eigenvalue weighted by molar-refractivity contribution is -0.101. The average Bonchev–Trinajstić information content (AvgIpc) is 2.75. The number of aromatic nitrogens is 2. The minimum Gasteiger partial charge on any atom is -0.464 e. The molecule has 1 aromatic heterocycles. The molecule has 1 aliphatic rings. The zero-order chi connectivity index (χ0) is 25.0.